The number of rotatable bonds is 7. The van der Waals surface area contributed by atoms with Gasteiger partial charge in [0.2, 0.25) is 11.5 Å². The van der Waals surface area contributed by atoms with Crippen LogP contribution in [0.1, 0.15) is 28.8 Å². The lowest BCUT2D eigenvalue weighted by Gasteiger charge is -2.09. The molecule has 0 saturated carbocycles. The molecule has 3 rings (SSSR count). The second-order valence-corrected chi connectivity index (χ2v) is 6.21. The van der Waals surface area contributed by atoms with E-state index < -0.39 is 34.3 Å². The molecule has 0 radical (unpaired) electrons. The summed E-state index contributed by atoms with van der Waals surface area (Å²) in [6.45, 7) is 1.53. The third-order valence-electron chi connectivity index (χ3n) is 4.21. The normalized spacial score (nSPS) is 14.6. The van der Waals surface area contributed by atoms with Crippen LogP contribution in [-0.2, 0) is 16.1 Å². The Labute approximate surface area is 174 Å². The van der Waals surface area contributed by atoms with Gasteiger partial charge in [0.25, 0.3) is 5.91 Å². The minimum atomic E-state index is -0.795. The lowest BCUT2D eigenvalue weighted by molar-refractivity contribution is -0.386. The molecular weight excluding hydrogens is 414 g/mol. The van der Waals surface area contributed by atoms with E-state index in [-0.39, 0.29) is 41.7 Å². The Bertz CT molecular complexity index is 1100. The number of hydrogen-bond acceptors (Lipinski definition) is 9. The maximum atomic E-state index is 12.6. The molecule has 1 fully saturated rings. The van der Waals surface area contributed by atoms with Gasteiger partial charge in [-0.15, -0.1) is 0 Å². The Morgan fingerprint density at radius 1 is 1.35 bits per heavy atom. The number of amides is 3. The van der Waals surface area contributed by atoms with E-state index >= 15 is 0 Å². The van der Waals surface area contributed by atoms with E-state index in [0.29, 0.717) is 0 Å². The molecule has 1 aliphatic rings. The van der Waals surface area contributed by atoms with Gasteiger partial charge in [0.15, 0.2) is 5.75 Å². The molecule has 2 heterocycles. The number of nitro benzene ring substituents is 1. The zero-order chi connectivity index (χ0) is 22.7. The van der Waals surface area contributed by atoms with Gasteiger partial charge in [0.05, 0.1) is 25.2 Å². The molecule has 3 amide bonds. The number of phenolic OH excluding ortho intramolecular Hbond substituents is 1. The lowest BCUT2D eigenvalue weighted by atomic mass is 10.1. The van der Waals surface area contributed by atoms with Crippen molar-refractivity contribution < 1.29 is 38.3 Å². The van der Waals surface area contributed by atoms with Crippen molar-refractivity contribution in [2.75, 3.05) is 13.7 Å². The molecule has 0 atom stereocenters. The molecule has 1 saturated heterocycles. The fourth-order valence-corrected chi connectivity index (χ4v) is 2.81. The number of esters is 1. The van der Waals surface area contributed by atoms with Crippen LogP contribution in [0.15, 0.2) is 34.4 Å². The molecule has 1 aliphatic heterocycles. The standard InChI is InChI=1S/C19H17N3O9/c1-3-30-15-8-10(7-13(16(15)23)22(27)28)6-12-17(24)21(19(26)20-12)9-11-4-5-14(31-11)18(25)29-2/h4-8,23H,3,9H2,1-2H3,(H,20,26). The highest BCUT2D eigenvalue weighted by atomic mass is 16.6. The number of urea groups is 1. The van der Waals surface area contributed by atoms with Crippen LogP contribution in [0.25, 0.3) is 6.08 Å². The van der Waals surface area contributed by atoms with Gasteiger partial charge >= 0.3 is 17.7 Å². The van der Waals surface area contributed by atoms with E-state index in [1.807, 2.05) is 0 Å². The van der Waals surface area contributed by atoms with Crippen molar-refractivity contribution in [2.24, 2.45) is 0 Å². The number of carbonyl (C=O) groups is 3. The van der Waals surface area contributed by atoms with Crippen LogP contribution in [0, 0.1) is 10.1 Å². The Morgan fingerprint density at radius 2 is 2.10 bits per heavy atom. The molecule has 0 spiro atoms. The lowest BCUT2D eigenvalue weighted by Crippen LogP contribution is -2.30. The molecule has 0 unspecified atom stereocenters. The minimum absolute atomic E-state index is 0.0832. The molecule has 1 aromatic carbocycles. The van der Waals surface area contributed by atoms with Crippen molar-refractivity contribution in [3.05, 3.63) is 57.2 Å². The summed E-state index contributed by atoms with van der Waals surface area (Å²) in [4.78, 5) is 47.6. The molecule has 12 heteroatoms. The number of furan rings is 1. The van der Waals surface area contributed by atoms with Crippen molar-refractivity contribution in [2.45, 2.75) is 13.5 Å². The van der Waals surface area contributed by atoms with Crippen LogP contribution in [0.5, 0.6) is 11.5 Å². The Kier molecular flexibility index (Phi) is 5.90. The van der Waals surface area contributed by atoms with E-state index in [2.05, 4.69) is 10.1 Å². The largest absolute Gasteiger partial charge is 0.500 e. The van der Waals surface area contributed by atoms with Crippen molar-refractivity contribution in [3.63, 3.8) is 0 Å². The highest BCUT2D eigenvalue weighted by Gasteiger charge is 2.34. The molecule has 162 valence electrons. The molecular formula is C19H17N3O9. The summed E-state index contributed by atoms with van der Waals surface area (Å²) < 4.78 is 15.0. The number of phenols is 1. The fourth-order valence-electron chi connectivity index (χ4n) is 2.81. The number of methoxy groups -OCH3 is 1. The summed E-state index contributed by atoms with van der Waals surface area (Å²) >= 11 is 0. The molecule has 12 nitrogen and oxygen atoms in total. The molecule has 0 bridgehead atoms. The number of nitrogens with zero attached hydrogens (tertiary/aromatic N) is 2. The topological polar surface area (TPSA) is 161 Å². The first-order valence-electron chi connectivity index (χ1n) is 8.90. The first kappa shape index (κ1) is 21.4. The van der Waals surface area contributed by atoms with Gasteiger partial charge in [-0.2, -0.15) is 0 Å². The number of nitrogens with one attached hydrogen (secondary N) is 1. The quantitative estimate of drug-likeness (QED) is 0.220. The SMILES string of the molecule is CCOc1cc(C=C2NC(=O)N(Cc3ccc(C(=O)OC)o3)C2=O)cc([N+](=O)[O-])c1O. The molecule has 2 aromatic rings. The smallest absolute Gasteiger partial charge is 0.373 e. The molecule has 31 heavy (non-hydrogen) atoms. The zero-order valence-corrected chi connectivity index (χ0v) is 16.4. The van der Waals surface area contributed by atoms with E-state index in [0.717, 1.165) is 11.0 Å². The summed E-state index contributed by atoms with van der Waals surface area (Å²) in [5.41, 5.74) is -0.603. The number of benzene rings is 1. The third-order valence-corrected chi connectivity index (χ3v) is 4.21. The van der Waals surface area contributed by atoms with Gasteiger partial charge in [-0.1, -0.05) is 0 Å². The molecule has 0 aliphatic carbocycles. The van der Waals surface area contributed by atoms with Crippen LogP contribution in [0.4, 0.5) is 10.5 Å². The molecule has 2 N–H and O–H groups in total. The highest BCUT2D eigenvalue weighted by Crippen LogP contribution is 2.37. The fraction of sp³-hybridized carbons (Fsp3) is 0.211. The van der Waals surface area contributed by atoms with Crippen LogP contribution in [0.2, 0.25) is 0 Å². The van der Waals surface area contributed by atoms with Gasteiger partial charge in [-0.05, 0) is 36.8 Å². The summed E-state index contributed by atoms with van der Waals surface area (Å²) in [6, 6.07) is 4.37. The van der Waals surface area contributed by atoms with Crippen LogP contribution in [0.3, 0.4) is 0 Å². The van der Waals surface area contributed by atoms with Crippen molar-refractivity contribution in [3.8, 4) is 11.5 Å². The van der Waals surface area contributed by atoms with Crippen molar-refractivity contribution >= 4 is 29.7 Å². The van der Waals surface area contributed by atoms with E-state index in [1.54, 1.807) is 6.92 Å². The van der Waals surface area contributed by atoms with Gasteiger partial charge in [0, 0.05) is 6.07 Å². The minimum Gasteiger partial charge on any atom is -0.500 e. The van der Waals surface area contributed by atoms with Crippen molar-refractivity contribution in [1.82, 2.24) is 10.2 Å². The summed E-state index contributed by atoms with van der Waals surface area (Å²) in [6.07, 6.45) is 1.22. The van der Waals surface area contributed by atoms with E-state index in [4.69, 9.17) is 9.15 Å². The Balaban J connectivity index is 1.87. The summed E-state index contributed by atoms with van der Waals surface area (Å²) in [5, 5.41) is 23.5. The van der Waals surface area contributed by atoms with Crippen LogP contribution < -0.4 is 10.1 Å². The summed E-state index contributed by atoms with van der Waals surface area (Å²) in [7, 11) is 1.18. The predicted octanol–water partition coefficient (Wildman–Crippen LogP) is 2.17. The summed E-state index contributed by atoms with van der Waals surface area (Å²) in [5.74, 6) is -2.11. The Hall–Kier alpha value is -4.35. The van der Waals surface area contributed by atoms with Gasteiger partial charge < -0.3 is 24.3 Å². The maximum absolute atomic E-state index is 12.6. The molecule has 1 aromatic heterocycles. The Morgan fingerprint density at radius 3 is 2.74 bits per heavy atom. The van der Waals surface area contributed by atoms with Gasteiger partial charge in [-0.3, -0.25) is 19.8 Å². The second-order valence-electron chi connectivity index (χ2n) is 6.21. The average molecular weight is 431 g/mol. The first-order chi connectivity index (χ1) is 14.7. The first-order valence-corrected chi connectivity index (χ1v) is 8.90. The van der Waals surface area contributed by atoms with Crippen LogP contribution in [-0.4, -0.2) is 46.6 Å². The zero-order valence-electron chi connectivity index (χ0n) is 16.4. The average Bonchev–Trinajstić information content (AvgIpc) is 3.30. The van der Waals surface area contributed by atoms with Crippen LogP contribution >= 0.6 is 0 Å². The van der Waals surface area contributed by atoms with E-state index in [1.165, 1.54) is 31.4 Å². The number of carbonyl (C=O) groups excluding carboxylic acids is 3. The van der Waals surface area contributed by atoms with Gasteiger partial charge in [0.1, 0.15) is 11.5 Å². The number of aromatic hydroxyl groups is 1. The number of nitro groups is 1. The monoisotopic (exact) mass is 431 g/mol. The highest BCUT2D eigenvalue weighted by molar-refractivity contribution is 6.13. The predicted molar refractivity (Wildman–Crippen MR) is 103 cm³/mol. The van der Waals surface area contributed by atoms with Gasteiger partial charge in [-0.25, -0.2) is 9.59 Å². The third kappa shape index (κ3) is 4.32. The van der Waals surface area contributed by atoms with Crippen molar-refractivity contribution in [1.29, 1.82) is 0 Å². The number of hydrogen-bond donors (Lipinski definition) is 2. The number of imide groups is 1. The van der Waals surface area contributed by atoms with E-state index in [9.17, 15) is 29.6 Å². The second kappa shape index (κ2) is 8.57. The number of ether oxygens (including phenoxy) is 2. The maximum Gasteiger partial charge on any atom is 0.373 e.